The lowest BCUT2D eigenvalue weighted by molar-refractivity contribution is -0.140. The number of ether oxygens (including phenoxy) is 2. The first-order valence-electron chi connectivity index (χ1n) is 10.0. The molecule has 2 aromatic carbocycles. The highest BCUT2D eigenvalue weighted by molar-refractivity contribution is 7.89. The fraction of sp³-hybridized carbons (Fsp3) is 0.333. The first-order valence-corrected chi connectivity index (χ1v) is 11.4. The van der Waals surface area contributed by atoms with E-state index in [4.69, 9.17) is 9.47 Å². The summed E-state index contributed by atoms with van der Waals surface area (Å²) in [5, 5.41) is 4.76. The smallest absolute Gasteiger partial charge is 0.309 e. The standard InChI is InChI=1S/C21H23F2N3O6S/c1-31-17-6-3-2-5-14(17)12-24-20(27)21(28)25-13-19-26(9-4-10-32-19)33(29,30)18-11-15(22)7-8-16(18)23/h2-3,5-8,11,19H,4,9-10,12-13H2,1H3,(H,24,27)(H,25,28). The van der Waals surface area contributed by atoms with Crippen molar-refractivity contribution in [2.45, 2.75) is 24.1 Å². The summed E-state index contributed by atoms with van der Waals surface area (Å²) in [5.74, 6) is -3.43. The van der Waals surface area contributed by atoms with Gasteiger partial charge < -0.3 is 20.1 Å². The zero-order valence-electron chi connectivity index (χ0n) is 17.7. The molecule has 9 nitrogen and oxygen atoms in total. The average Bonchev–Trinajstić information content (AvgIpc) is 2.82. The number of para-hydroxylation sites is 1. The lowest BCUT2D eigenvalue weighted by atomic mass is 10.2. The Morgan fingerprint density at radius 2 is 1.88 bits per heavy atom. The largest absolute Gasteiger partial charge is 0.496 e. The van der Waals surface area contributed by atoms with E-state index in [-0.39, 0.29) is 26.2 Å². The van der Waals surface area contributed by atoms with Crippen molar-refractivity contribution in [3.8, 4) is 5.75 Å². The second-order valence-electron chi connectivity index (χ2n) is 7.07. The van der Waals surface area contributed by atoms with Crippen molar-refractivity contribution in [2.75, 3.05) is 26.8 Å². The molecule has 1 saturated heterocycles. The van der Waals surface area contributed by atoms with Crippen LogP contribution < -0.4 is 15.4 Å². The van der Waals surface area contributed by atoms with Crippen molar-refractivity contribution in [3.05, 3.63) is 59.7 Å². The number of nitrogens with zero attached hydrogens (tertiary/aromatic N) is 1. The van der Waals surface area contributed by atoms with Crippen LogP contribution in [0.5, 0.6) is 5.75 Å². The molecule has 1 heterocycles. The molecule has 0 spiro atoms. The molecule has 0 aromatic heterocycles. The average molecular weight is 483 g/mol. The molecule has 12 heteroatoms. The fourth-order valence-electron chi connectivity index (χ4n) is 3.27. The minimum atomic E-state index is -4.46. The van der Waals surface area contributed by atoms with E-state index in [2.05, 4.69) is 10.6 Å². The number of sulfonamides is 1. The number of hydrogen-bond donors (Lipinski definition) is 2. The predicted octanol–water partition coefficient (Wildman–Crippen LogP) is 1.14. The number of amides is 2. The molecule has 0 aliphatic carbocycles. The van der Waals surface area contributed by atoms with Crippen LogP contribution >= 0.6 is 0 Å². The van der Waals surface area contributed by atoms with Gasteiger partial charge in [0.25, 0.3) is 0 Å². The van der Waals surface area contributed by atoms with E-state index in [0.717, 1.165) is 16.4 Å². The quantitative estimate of drug-likeness (QED) is 0.571. The van der Waals surface area contributed by atoms with Crippen LogP contribution in [0.15, 0.2) is 47.4 Å². The van der Waals surface area contributed by atoms with Gasteiger partial charge in [-0.05, 0) is 30.7 Å². The normalized spacial score (nSPS) is 16.8. The Morgan fingerprint density at radius 1 is 1.15 bits per heavy atom. The van der Waals surface area contributed by atoms with Crippen molar-refractivity contribution in [3.63, 3.8) is 0 Å². The SMILES string of the molecule is COc1ccccc1CNC(=O)C(=O)NCC1OCCCN1S(=O)(=O)c1cc(F)ccc1F. The minimum Gasteiger partial charge on any atom is -0.496 e. The van der Waals surface area contributed by atoms with Gasteiger partial charge in [0.05, 0.1) is 20.3 Å². The Hall–Kier alpha value is -3.09. The zero-order chi connectivity index (χ0) is 24.0. The maximum Gasteiger partial charge on any atom is 0.309 e. The Morgan fingerprint density at radius 3 is 2.64 bits per heavy atom. The summed E-state index contributed by atoms with van der Waals surface area (Å²) >= 11 is 0. The van der Waals surface area contributed by atoms with Crippen LogP contribution in [0.25, 0.3) is 0 Å². The number of hydrogen-bond acceptors (Lipinski definition) is 6. The van der Waals surface area contributed by atoms with Gasteiger partial charge in [-0.25, -0.2) is 17.2 Å². The number of halogens is 2. The van der Waals surface area contributed by atoms with Crippen molar-refractivity contribution < 1.29 is 36.3 Å². The summed E-state index contributed by atoms with van der Waals surface area (Å²) in [4.78, 5) is 23.5. The molecule has 1 aliphatic rings. The maximum atomic E-state index is 14.1. The number of carbonyl (C=O) groups excluding carboxylic acids is 2. The number of methoxy groups -OCH3 is 1. The Balaban J connectivity index is 1.63. The van der Waals surface area contributed by atoms with Crippen LogP contribution in [-0.2, 0) is 30.9 Å². The summed E-state index contributed by atoms with van der Waals surface area (Å²) in [6.45, 7) is -0.163. The highest BCUT2D eigenvalue weighted by atomic mass is 32.2. The molecule has 178 valence electrons. The molecule has 3 rings (SSSR count). The van der Waals surface area contributed by atoms with Crippen molar-refractivity contribution >= 4 is 21.8 Å². The third-order valence-electron chi connectivity index (χ3n) is 4.91. The van der Waals surface area contributed by atoms with Crippen LogP contribution in [0.3, 0.4) is 0 Å². The number of carbonyl (C=O) groups is 2. The van der Waals surface area contributed by atoms with Crippen LogP contribution in [0, 0.1) is 11.6 Å². The van der Waals surface area contributed by atoms with E-state index < -0.39 is 44.6 Å². The maximum absolute atomic E-state index is 14.1. The number of nitrogens with one attached hydrogen (secondary N) is 2. The van der Waals surface area contributed by atoms with Crippen LogP contribution in [-0.4, -0.2) is 57.6 Å². The van der Waals surface area contributed by atoms with E-state index >= 15 is 0 Å². The minimum absolute atomic E-state index is 0.0289. The molecular formula is C21H23F2N3O6S. The van der Waals surface area contributed by atoms with Gasteiger partial charge in [-0.3, -0.25) is 9.59 Å². The van der Waals surface area contributed by atoms with Gasteiger partial charge >= 0.3 is 11.8 Å². The van der Waals surface area contributed by atoms with Crippen LogP contribution in [0.1, 0.15) is 12.0 Å². The van der Waals surface area contributed by atoms with Crippen LogP contribution in [0.2, 0.25) is 0 Å². The Bertz CT molecular complexity index is 1130. The van der Waals surface area contributed by atoms with E-state index in [1.165, 1.54) is 7.11 Å². The van der Waals surface area contributed by atoms with E-state index in [1.54, 1.807) is 24.3 Å². The lowest BCUT2D eigenvalue weighted by Gasteiger charge is -2.34. The van der Waals surface area contributed by atoms with Gasteiger partial charge in [0.15, 0.2) is 0 Å². The van der Waals surface area contributed by atoms with E-state index in [1.807, 2.05) is 0 Å². The molecule has 2 N–H and O–H groups in total. The Kier molecular flexibility index (Phi) is 7.95. The van der Waals surface area contributed by atoms with E-state index in [0.29, 0.717) is 23.8 Å². The molecule has 0 radical (unpaired) electrons. The predicted molar refractivity (Wildman–Crippen MR) is 112 cm³/mol. The molecule has 1 atom stereocenters. The summed E-state index contributed by atoms with van der Waals surface area (Å²) in [6, 6.07) is 9.05. The number of benzene rings is 2. The topological polar surface area (TPSA) is 114 Å². The lowest BCUT2D eigenvalue weighted by Crippen LogP contribution is -2.53. The van der Waals surface area contributed by atoms with Gasteiger partial charge in [-0.15, -0.1) is 0 Å². The summed E-state index contributed by atoms with van der Waals surface area (Å²) in [6.07, 6.45) is -0.877. The molecule has 1 fully saturated rings. The molecule has 33 heavy (non-hydrogen) atoms. The third-order valence-corrected chi connectivity index (χ3v) is 6.81. The number of rotatable bonds is 7. The third kappa shape index (κ3) is 5.83. The second kappa shape index (κ2) is 10.7. The van der Waals surface area contributed by atoms with Crippen molar-refractivity contribution in [1.29, 1.82) is 0 Å². The van der Waals surface area contributed by atoms with Gasteiger partial charge in [-0.1, -0.05) is 18.2 Å². The van der Waals surface area contributed by atoms with Gasteiger partial charge in [-0.2, -0.15) is 4.31 Å². The van der Waals surface area contributed by atoms with Gasteiger partial charge in [0.2, 0.25) is 10.0 Å². The summed E-state index contributed by atoms with van der Waals surface area (Å²) < 4.78 is 64.9. The second-order valence-corrected chi connectivity index (χ2v) is 8.93. The Labute approximate surface area is 189 Å². The molecule has 0 saturated carbocycles. The molecular weight excluding hydrogens is 460 g/mol. The molecule has 0 bridgehead atoms. The highest BCUT2D eigenvalue weighted by Gasteiger charge is 2.36. The monoisotopic (exact) mass is 483 g/mol. The molecule has 2 amide bonds. The van der Waals surface area contributed by atoms with Crippen molar-refractivity contribution in [1.82, 2.24) is 14.9 Å². The van der Waals surface area contributed by atoms with E-state index in [9.17, 15) is 26.8 Å². The first-order chi connectivity index (χ1) is 15.7. The van der Waals surface area contributed by atoms with Crippen LogP contribution in [0.4, 0.5) is 8.78 Å². The summed E-state index contributed by atoms with van der Waals surface area (Å²) in [7, 11) is -2.98. The van der Waals surface area contributed by atoms with Crippen molar-refractivity contribution in [2.24, 2.45) is 0 Å². The molecule has 1 unspecified atom stereocenters. The molecule has 2 aromatic rings. The van der Waals surface area contributed by atoms with Gasteiger partial charge in [0.1, 0.15) is 28.5 Å². The zero-order valence-corrected chi connectivity index (χ0v) is 18.5. The fourth-order valence-corrected chi connectivity index (χ4v) is 4.91. The highest BCUT2D eigenvalue weighted by Crippen LogP contribution is 2.25. The molecule has 1 aliphatic heterocycles. The first kappa shape index (κ1) is 24.6. The summed E-state index contributed by atoms with van der Waals surface area (Å²) in [5.41, 5.74) is 0.658. The van der Waals surface area contributed by atoms with Gasteiger partial charge in [0, 0.05) is 18.7 Å².